The zero-order chi connectivity index (χ0) is 13.3. The van der Waals surface area contributed by atoms with Gasteiger partial charge in [0.15, 0.2) is 12.1 Å². The number of aldehydes is 1. The van der Waals surface area contributed by atoms with Crippen molar-refractivity contribution in [2.24, 2.45) is 0 Å². The fraction of sp³-hybridized carbons (Fsp3) is 0.200. The molecule has 18 heavy (non-hydrogen) atoms. The van der Waals surface area contributed by atoms with Gasteiger partial charge < -0.3 is 4.98 Å². The quantitative estimate of drug-likeness (QED) is 0.662. The van der Waals surface area contributed by atoms with Crippen molar-refractivity contribution in [1.29, 1.82) is 0 Å². The monoisotopic (exact) mass is 241 g/mol. The van der Waals surface area contributed by atoms with E-state index >= 15 is 0 Å². The number of hydrogen-bond donors (Lipinski definition) is 1. The van der Waals surface area contributed by atoms with Crippen LogP contribution >= 0.6 is 0 Å². The molecule has 3 heteroatoms. The molecule has 0 amide bonds. The highest BCUT2D eigenvalue weighted by Gasteiger charge is 2.17. The summed E-state index contributed by atoms with van der Waals surface area (Å²) in [7, 11) is 0. The first kappa shape index (κ1) is 12.3. The van der Waals surface area contributed by atoms with Gasteiger partial charge in [-0.1, -0.05) is 29.8 Å². The summed E-state index contributed by atoms with van der Waals surface area (Å²) in [6.45, 7) is 5.28. The van der Waals surface area contributed by atoms with Gasteiger partial charge in [-0.3, -0.25) is 9.59 Å². The van der Waals surface area contributed by atoms with Crippen LogP contribution in [0.3, 0.4) is 0 Å². The molecule has 1 aromatic heterocycles. The van der Waals surface area contributed by atoms with Crippen LogP contribution in [0.15, 0.2) is 24.3 Å². The fourth-order valence-electron chi connectivity index (χ4n) is 2.06. The van der Waals surface area contributed by atoms with Gasteiger partial charge in [-0.05, 0) is 25.0 Å². The molecule has 3 nitrogen and oxygen atoms in total. The van der Waals surface area contributed by atoms with Gasteiger partial charge in [0.2, 0.25) is 0 Å². The van der Waals surface area contributed by atoms with E-state index in [1.54, 1.807) is 6.92 Å². The number of carbonyl (C=O) groups excluding carboxylic acids is 2. The zero-order valence-electron chi connectivity index (χ0n) is 10.7. The van der Waals surface area contributed by atoms with Gasteiger partial charge in [0.25, 0.3) is 0 Å². The van der Waals surface area contributed by atoms with Crippen molar-refractivity contribution in [2.45, 2.75) is 20.8 Å². The van der Waals surface area contributed by atoms with E-state index in [4.69, 9.17) is 0 Å². The number of ketones is 1. The van der Waals surface area contributed by atoms with E-state index in [-0.39, 0.29) is 5.78 Å². The SMILES string of the molecule is CC(=O)c1[nH]c(-c2ccc(C)cc2)c(C=O)c1C. The summed E-state index contributed by atoms with van der Waals surface area (Å²) in [6.07, 6.45) is 0.799. The molecular weight excluding hydrogens is 226 g/mol. The van der Waals surface area contributed by atoms with Crippen LogP contribution in [-0.2, 0) is 0 Å². The summed E-state index contributed by atoms with van der Waals surface area (Å²) in [5.74, 6) is -0.0611. The van der Waals surface area contributed by atoms with E-state index in [1.807, 2.05) is 31.2 Å². The maximum atomic E-state index is 11.5. The second kappa shape index (κ2) is 4.61. The normalized spacial score (nSPS) is 10.4. The number of aromatic nitrogens is 1. The van der Waals surface area contributed by atoms with Crippen molar-refractivity contribution < 1.29 is 9.59 Å². The first-order chi connectivity index (χ1) is 8.54. The van der Waals surface area contributed by atoms with Gasteiger partial charge >= 0.3 is 0 Å². The van der Waals surface area contributed by atoms with Crippen LogP contribution in [0.2, 0.25) is 0 Å². The lowest BCUT2D eigenvalue weighted by molar-refractivity contribution is 0.101. The van der Waals surface area contributed by atoms with Gasteiger partial charge in [-0.25, -0.2) is 0 Å². The Balaban J connectivity index is 2.63. The Bertz CT molecular complexity index is 606. The first-order valence-corrected chi connectivity index (χ1v) is 5.80. The molecule has 92 valence electrons. The van der Waals surface area contributed by atoms with E-state index in [9.17, 15) is 9.59 Å². The molecule has 0 saturated heterocycles. The third-order valence-corrected chi connectivity index (χ3v) is 3.11. The summed E-state index contributed by atoms with van der Waals surface area (Å²) in [6, 6.07) is 7.84. The lowest BCUT2D eigenvalue weighted by Crippen LogP contribution is -1.94. The van der Waals surface area contributed by atoms with Crippen molar-refractivity contribution >= 4 is 12.1 Å². The van der Waals surface area contributed by atoms with Crippen molar-refractivity contribution in [3.8, 4) is 11.3 Å². The second-order valence-electron chi connectivity index (χ2n) is 4.45. The van der Waals surface area contributed by atoms with Crippen LogP contribution < -0.4 is 0 Å². The predicted octanol–water partition coefficient (Wildman–Crippen LogP) is 3.31. The second-order valence-corrected chi connectivity index (χ2v) is 4.45. The van der Waals surface area contributed by atoms with Crippen LogP contribution in [0.5, 0.6) is 0 Å². The third kappa shape index (κ3) is 1.99. The van der Waals surface area contributed by atoms with Crippen LogP contribution in [0.4, 0.5) is 0 Å². The minimum absolute atomic E-state index is 0.0611. The minimum atomic E-state index is -0.0611. The Morgan fingerprint density at radius 3 is 2.28 bits per heavy atom. The van der Waals surface area contributed by atoms with Crippen LogP contribution in [0, 0.1) is 13.8 Å². The molecule has 0 aliphatic carbocycles. The summed E-state index contributed by atoms with van der Waals surface area (Å²) < 4.78 is 0. The van der Waals surface area contributed by atoms with E-state index in [1.165, 1.54) is 6.92 Å². The van der Waals surface area contributed by atoms with Gasteiger partial charge in [0, 0.05) is 12.5 Å². The Morgan fingerprint density at radius 1 is 1.17 bits per heavy atom. The van der Waals surface area contributed by atoms with Crippen LogP contribution in [-0.4, -0.2) is 17.1 Å². The zero-order valence-corrected chi connectivity index (χ0v) is 10.7. The average Bonchev–Trinajstić information content (AvgIpc) is 2.67. The molecule has 0 aliphatic heterocycles. The molecule has 0 aliphatic rings. The van der Waals surface area contributed by atoms with Crippen molar-refractivity contribution in [1.82, 2.24) is 4.98 Å². The number of benzene rings is 1. The number of aryl methyl sites for hydroxylation is 1. The first-order valence-electron chi connectivity index (χ1n) is 5.80. The molecule has 2 rings (SSSR count). The molecule has 0 atom stereocenters. The molecule has 2 aromatic rings. The maximum Gasteiger partial charge on any atom is 0.176 e. The molecule has 0 saturated carbocycles. The predicted molar refractivity (Wildman–Crippen MR) is 71.1 cm³/mol. The Labute approximate surface area is 106 Å². The van der Waals surface area contributed by atoms with Gasteiger partial charge in [-0.2, -0.15) is 0 Å². The smallest absolute Gasteiger partial charge is 0.176 e. The van der Waals surface area contributed by atoms with Crippen molar-refractivity contribution in [3.63, 3.8) is 0 Å². The van der Waals surface area contributed by atoms with E-state index in [2.05, 4.69) is 4.98 Å². The standard InChI is InChI=1S/C15H15NO2/c1-9-4-6-12(7-5-9)15-13(8-17)10(2)14(16-15)11(3)18/h4-8,16H,1-3H3. The van der Waals surface area contributed by atoms with E-state index in [0.29, 0.717) is 22.5 Å². The highest BCUT2D eigenvalue weighted by Crippen LogP contribution is 2.27. The third-order valence-electron chi connectivity index (χ3n) is 3.11. The summed E-state index contributed by atoms with van der Waals surface area (Å²) in [5, 5.41) is 0. The number of Topliss-reactive ketones (excluding diaryl/α,β-unsaturated/α-hetero) is 1. The molecule has 0 radical (unpaired) electrons. The lowest BCUT2D eigenvalue weighted by atomic mass is 10.0. The summed E-state index contributed by atoms with van der Waals surface area (Å²) in [5.41, 5.74) is 4.57. The molecule has 0 unspecified atom stereocenters. The molecule has 1 N–H and O–H groups in total. The molecular formula is C15H15NO2. The molecule has 0 fully saturated rings. The van der Waals surface area contributed by atoms with E-state index in [0.717, 1.165) is 17.4 Å². The number of carbonyl (C=O) groups is 2. The molecule has 0 spiro atoms. The van der Waals surface area contributed by atoms with E-state index < -0.39 is 0 Å². The van der Waals surface area contributed by atoms with Crippen LogP contribution in [0.25, 0.3) is 11.3 Å². The van der Waals surface area contributed by atoms with Crippen molar-refractivity contribution in [2.75, 3.05) is 0 Å². The van der Waals surface area contributed by atoms with Gasteiger partial charge in [-0.15, -0.1) is 0 Å². The maximum absolute atomic E-state index is 11.5. The average molecular weight is 241 g/mol. The fourth-order valence-corrected chi connectivity index (χ4v) is 2.06. The number of aromatic amines is 1. The van der Waals surface area contributed by atoms with Gasteiger partial charge in [0.05, 0.1) is 11.4 Å². The Hall–Kier alpha value is -2.16. The number of hydrogen-bond acceptors (Lipinski definition) is 2. The number of rotatable bonds is 3. The highest BCUT2D eigenvalue weighted by atomic mass is 16.1. The highest BCUT2D eigenvalue weighted by molar-refractivity contribution is 6.00. The van der Waals surface area contributed by atoms with Crippen LogP contribution in [0.1, 0.15) is 38.9 Å². The minimum Gasteiger partial charge on any atom is -0.351 e. The van der Waals surface area contributed by atoms with Gasteiger partial charge in [0.1, 0.15) is 0 Å². The Kier molecular flexibility index (Phi) is 3.15. The summed E-state index contributed by atoms with van der Waals surface area (Å²) >= 11 is 0. The topological polar surface area (TPSA) is 49.9 Å². The van der Waals surface area contributed by atoms with Crippen molar-refractivity contribution in [3.05, 3.63) is 46.6 Å². The lowest BCUT2D eigenvalue weighted by Gasteiger charge is -2.00. The Morgan fingerprint density at radius 2 is 1.78 bits per heavy atom. The molecule has 1 heterocycles. The molecule has 0 bridgehead atoms. The summed E-state index contributed by atoms with van der Waals surface area (Å²) in [4.78, 5) is 25.7. The number of H-pyrrole nitrogens is 1. The molecule has 1 aromatic carbocycles. The number of nitrogens with one attached hydrogen (secondary N) is 1. The largest absolute Gasteiger partial charge is 0.351 e.